The zero-order valence-electron chi connectivity index (χ0n) is 17.6. The van der Waals surface area contributed by atoms with Crippen LogP contribution in [-0.2, 0) is 25.6 Å². The van der Waals surface area contributed by atoms with E-state index in [2.05, 4.69) is 25.9 Å². The smallest absolute Gasteiger partial charge is 0.328 e. The number of thioether (sulfide) groups is 1. The zero-order chi connectivity index (χ0) is 23.6. The minimum atomic E-state index is -1.53. The number of imidazole rings is 1. The van der Waals surface area contributed by atoms with Crippen LogP contribution in [0, 0.1) is 0 Å². The number of rotatable bonds is 13. The summed E-state index contributed by atoms with van der Waals surface area (Å²) in [7, 11) is 0. The van der Waals surface area contributed by atoms with E-state index in [1.807, 2.05) is 6.26 Å². The molecule has 8 N–H and O–H groups in total. The summed E-state index contributed by atoms with van der Waals surface area (Å²) in [6.07, 6.45) is 3.69. The fourth-order valence-electron chi connectivity index (χ4n) is 2.55. The number of nitrogens with one attached hydrogen (secondary N) is 4. The molecular formula is C18H30N6O6S. The number of H-pyrrole nitrogens is 1. The highest BCUT2D eigenvalue weighted by molar-refractivity contribution is 7.98. The van der Waals surface area contributed by atoms with Crippen molar-refractivity contribution in [1.82, 2.24) is 25.9 Å². The molecule has 0 spiro atoms. The van der Waals surface area contributed by atoms with Crippen LogP contribution >= 0.6 is 11.8 Å². The monoisotopic (exact) mass is 458 g/mol. The molecule has 5 unspecified atom stereocenters. The molecule has 13 heteroatoms. The van der Waals surface area contributed by atoms with E-state index in [-0.39, 0.29) is 12.8 Å². The van der Waals surface area contributed by atoms with E-state index in [1.54, 1.807) is 0 Å². The Morgan fingerprint density at radius 1 is 1.13 bits per heavy atom. The Morgan fingerprint density at radius 3 is 2.23 bits per heavy atom. The van der Waals surface area contributed by atoms with Crippen LogP contribution in [0.3, 0.4) is 0 Å². The number of amides is 3. The first-order valence-corrected chi connectivity index (χ1v) is 11.0. The lowest BCUT2D eigenvalue weighted by Crippen LogP contribution is -2.58. The molecule has 0 aliphatic heterocycles. The van der Waals surface area contributed by atoms with Crippen LogP contribution < -0.4 is 21.7 Å². The van der Waals surface area contributed by atoms with Gasteiger partial charge in [-0.3, -0.25) is 14.4 Å². The van der Waals surface area contributed by atoms with Gasteiger partial charge in [0.25, 0.3) is 0 Å². The molecule has 174 valence electrons. The molecule has 0 saturated heterocycles. The summed E-state index contributed by atoms with van der Waals surface area (Å²) in [6.45, 7) is 2.70. The third-order valence-electron chi connectivity index (χ3n) is 4.32. The lowest BCUT2D eigenvalue weighted by molar-refractivity contribution is -0.145. The van der Waals surface area contributed by atoms with Crippen LogP contribution in [0.2, 0.25) is 0 Å². The first kappa shape index (κ1) is 26.4. The molecule has 0 radical (unpaired) electrons. The molecule has 1 aromatic rings. The molecule has 0 aromatic carbocycles. The predicted molar refractivity (Wildman–Crippen MR) is 114 cm³/mol. The summed E-state index contributed by atoms with van der Waals surface area (Å²) in [4.78, 5) is 55.6. The minimum Gasteiger partial charge on any atom is -0.480 e. The van der Waals surface area contributed by atoms with Crippen LogP contribution in [0.5, 0.6) is 0 Å². The van der Waals surface area contributed by atoms with Gasteiger partial charge in [-0.2, -0.15) is 11.8 Å². The van der Waals surface area contributed by atoms with E-state index < -0.39 is 54.0 Å². The standard InChI is InChI=1S/C18H30N6O6S/c1-9(19)15(26)23-13(6-11-7-20-8-21-11)17(28)22-12(4-5-31-3)16(27)24-14(10(2)25)18(29)30/h7-10,12-14,25H,4-6,19H2,1-3H3,(H,20,21)(H,22,28)(H,23,26)(H,24,27)(H,29,30). The molecule has 1 rings (SSSR count). The van der Waals surface area contributed by atoms with E-state index in [1.165, 1.54) is 38.1 Å². The zero-order valence-corrected chi connectivity index (χ0v) is 18.4. The van der Waals surface area contributed by atoms with Crippen LogP contribution in [-0.4, -0.2) is 86.2 Å². The van der Waals surface area contributed by atoms with Crippen molar-refractivity contribution in [2.75, 3.05) is 12.0 Å². The Bertz CT molecular complexity index is 742. The number of carbonyl (C=O) groups excluding carboxylic acids is 3. The maximum atomic E-state index is 12.9. The van der Waals surface area contributed by atoms with Crippen molar-refractivity contribution >= 4 is 35.5 Å². The summed E-state index contributed by atoms with van der Waals surface area (Å²) < 4.78 is 0. The third kappa shape index (κ3) is 8.94. The van der Waals surface area contributed by atoms with E-state index in [9.17, 15) is 29.4 Å². The topological polar surface area (TPSA) is 200 Å². The Labute approximate surface area is 184 Å². The van der Waals surface area contributed by atoms with Gasteiger partial charge in [-0.15, -0.1) is 0 Å². The summed E-state index contributed by atoms with van der Waals surface area (Å²) in [6, 6.07) is -4.50. The third-order valence-corrected chi connectivity index (χ3v) is 4.96. The molecule has 5 atom stereocenters. The molecule has 0 aliphatic rings. The minimum absolute atomic E-state index is 0.0760. The van der Waals surface area contributed by atoms with Crippen LogP contribution in [0.15, 0.2) is 12.5 Å². The summed E-state index contributed by atoms with van der Waals surface area (Å²) in [5, 5.41) is 26.1. The van der Waals surface area contributed by atoms with Gasteiger partial charge in [-0.25, -0.2) is 9.78 Å². The fraction of sp³-hybridized carbons (Fsp3) is 0.611. The van der Waals surface area contributed by atoms with Gasteiger partial charge in [0.15, 0.2) is 6.04 Å². The second-order valence-corrected chi connectivity index (χ2v) is 8.02. The molecule has 31 heavy (non-hydrogen) atoms. The van der Waals surface area contributed by atoms with Gasteiger partial charge in [0.1, 0.15) is 12.1 Å². The second-order valence-electron chi connectivity index (χ2n) is 7.04. The average molecular weight is 459 g/mol. The van der Waals surface area contributed by atoms with Crippen LogP contribution in [0.4, 0.5) is 0 Å². The van der Waals surface area contributed by atoms with Gasteiger partial charge < -0.3 is 36.9 Å². The Morgan fingerprint density at radius 2 is 1.74 bits per heavy atom. The molecule has 0 bridgehead atoms. The maximum absolute atomic E-state index is 12.9. The van der Waals surface area contributed by atoms with Crippen molar-refractivity contribution in [2.45, 2.75) is 57.0 Å². The first-order chi connectivity index (χ1) is 14.6. The lowest BCUT2D eigenvalue weighted by atomic mass is 10.1. The quantitative estimate of drug-likeness (QED) is 0.174. The van der Waals surface area contributed by atoms with Crippen LogP contribution in [0.25, 0.3) is 0 Å². The Kier molecular flexibility index (Phi) is 11.0. The molecule has 0 saturated carbocycles. The highest BCUT2D eigenvalue weighted by Crippen LogP contribution is 2.06. The molecule has 0 aliphatic carbocycles. The molecule has 3 amide bonds. The number of nitrogens with zero attached hydrogens (tertiary/aromatic N) is 1. The van der Waals surface area contributed by atoms with Gasteiger partial charge in [0.2, 0.25) is 17.7 Å². The second kappa shape index (κ2) is 12.9. The normalized spacial score (nSPS) is 15.8. The summed E-state index contributed by atoms with van der Waals surface area (Å²) in [5.41, 5.74) is 6.15. The fourth-order valence-corrected chi connectivity index (χ4v) is 3.02. The number of aromatic amines is 1. The van der Waals surface area contributed by atoms with Gasteiger partial charge in [0.05, 0.1) is 18.5 Å². The number of aliphatic hydroxyl groups is 1. The van der Waals surface area contributed by atoms with Gasteiger partial charge in [-0.1, -0.05) is 0 Å². The molecule has 1 aromatic heterocycles. The number of hydrogen-bond donors (Lipinski definition) is 7. The SMILES string of the molecule is CSCCC(NC(=O)C(Cc1cnc[nH]1)NC(=O)C(C)N)C(=O)NC(C(=O)O)C(C)O. The predicted octanol–water partition coefficient (Wildman–Crippen LogP) is -2.03. The number of nitrogens with two attached hydrogens (primary N) is 1. The van der Waals surface area contributed by atoms with Gasteiger partial charge >= 0.3 is 5.97 Å². The molecule has 0 fully saturated rings. The van der Waals surface area contributed by atoms with E-state index in [0.29, 0.717) is 11.4 Å². The molecule has 12 nitrogen and oxygen atoms in total. The number of carboxylic acids is 1. The highest BCUT2D eigenvalue weighted by atomic mass is 32.2. The van der Waals surface area contributed by atoms with Crippen molar-refractivity contribution < 1.29 is 29.4 Å². The molecule has 1 heterocycles. The number of hydrogen-bond acceptors (Lipinski definition) is 8. The van der Waals surface area contributed by atoms with E-state index in [4.69, 9.17) is 5.73 Å². The number of carbonyl (C=O) groups is 4. The van der Waals surface area contributed by atoms with Crippen molar-refractivity contribution in [1.29, 1.82) is 0 Å². The largest absolute Gasteiger partial charge is 0.480 e. The average Bonchev–Trinajstić information content (AvgIpc) is 3.20. The van der Waals surface area contributed by atoms with E-state index in [0.717, 1.165) is 0 Å². The van der Waals surface area contributed by atoms with Crippen LogP contribution in [0.1, 0.15) is 26.0 Å². The lowest BCUT2D eigenvalue weighted by Gasteiger charge is -2.25. The van der Waals surface area contributed by atoms with Crippen molar-refractivity contribution in [3.8, 4) is 0 Å². The highest BCUT2D eigenvalue weighted by Gasteiger charge is 2.31. The number of aromatic nitrogens is 2. The first-order valence-electron chi connectivity index (χ1n) is 9.60. The summed E-state index contributed by atoms with van der Waals surface area (Å²) in [5.74, 6) is -2.85. The maximum Gasteiger partial charge on any atom is 0.328 e. The van der Waals surface area contributed by atoms with Crippen molar-refractivity contribution in [3.05, 3.63) is 18.2 Å². The Hall–Kier alpha value is -2.64. The van der Waals surface area contributed by atoms with E-state index >= 15 is 0 Å². The van der Waals surface area contributed by atoms with Crippen molar-refractivity contribution in [3.63, 3.8) is 0 Å². The number of aliphatic hydroxyl groups excluding tert-OH is 1. The number of carboxylic acid groups (broad SMARTS) is 1. The molecular weight excluding hydrogens is 428 g/mol. The van der Waals surface area contributed by atoms with Crippen molar-refractivity contribution in [2.24, 2.45) is 5.73 Å². The number of aliphatic carboxylic acids is 1. The van der Waals surface area contributed by atoms with Gasteiger partial charge in [-0.05, 0) is 32.3 Å². The van der Waals surface area contributed by atoms with Gasteiger partial charge in [0, 0.05) is 18.3 Å². The Balaban J connectivity index is 2.98. The summed E-state index contributed by atoms with van der Waals surface area (Å²) >= 11 is 1.44.